The van der Waals surface area contributed by atoms with Crippen LogP contribution in [0, 0.1) is 5.92 Å². The Labute approximate surface area is 63.6 Å². The van der Waals surface area contributed by atoms with Gasteiger partial charge in [0.15, 0.2) is 0 Å². The summed E-state index contributed by atoms with van der Waals surface area (Å²) in [6.45, 7) is 4.79. The predicted molar refractivity (Wildman–Crippen MR) is 46.2 cm³/mol. The third-order valence-electron chi connectivity index (χ3n) is 1.63. The molecule has 0 bridgehead atoms. The van der Waals surface area contributed by atoms with Crippen LogP contribution in [0.3, 0.4) is 0 Å². The summed E-state index contributed by atoms with van der Waals surface area (Å²) in [4.78, 5) is 0. The Morgan fingerprint density at radius 3 is 1.89 bits per heavy atom. The van der Waals surface area contributed by atoms with E-state index < -0.39 is 0 Å². The van der Waals surface area contributed by atoms with Gasteiger partial charge in [-0.1, -0.05) is 6.92 Å². The molecule has 0 amide bonds. The van der Waals surface area contributed by atoms with E-state index in [9.17, 15) is 0 Å². The predicted octanol–water partition coefficient (Wildman–Crippen LogP) is 1.55. The first-order valence-corrected chi connectivity index (χ1v) is 4.44. The van der Waals surface area contributed by atoms with Gasteiger partial charge in [0.25, 0.3) is 0 Å². The van der Waals surface area contributed by atoms with E-state index in [0.29, 0.717) is 0 Å². The molecule has 1 rings (SSSR count). The quantitative estimate of drug-likeness (QED) is 0.495. The van der Waals surface area contributed by atoms with E-state index >= 15 is 0 Å². The Morgan fingerprint density at radius 2 is 1.67 bits per heavy atom. The molecule has 0 saturated carbocycles. The van der Waals surface area contributed by atoms with Crippen molar-refractivity contribution < 1.29 is 0 Å². The molecule has 2 heteroatoms. The first-order valence-electron chi connectivity index (χ1n) is 3.55. The molecule has 1 nitrogen and oxygen atoms in total. The third kappa shape index (κ3) is 4.79. The van der Waals surface area contributed by atoms with Crippen molar-refractivity contribution in [2.24, 2.45) is 5.92 Å². The summed E-state index contributed by atoms with van der Waals surface area (Å²) in [5.41, 5.74) is 0. The van der Waals surface area contributed by atoms with Crippen molar-refractivity contribution in [2.75, 3.05) is 19.3 Å². The van der Waals surface area contributed by atoms with E-state index in [1.54, 1.807) is 6.26 Å². The zero-order valence-electron chi connectivity index (χ0n) is 6.35. The van der Waals surface area contributed by atoms with Crippen LogP contribution in [0.4, 0.5) is 0 Å². The van der Waals surface area contributed by atoms with Crippen LogP contribution in [-0.2, 0) is 0 Å². The lowest BCUT2D eigenvalue weighted by molar-refractivity contribution is 0.402. The molecule has 0 atom stereocenters. The topological polar surface area (TPSA) is 12.0 Å². The third-order valence-corrected chi connectivity index (χ3v) is 1.63. The second kappa shape index (κ2) is 6.43. The van der Waals surface area contributed by atoms with Gasteiger partial charge in [-0.3, -0.25) is 0 Å². The highest BCUT2D eigenvalue weighted by Crippen LogP contribution is 2.08. The molecular formula is C7H17NS. The summed E-state index contributed by atoms with van der Waals surface area (Å²) in [5, 5.41) is 3.32. The van der Waals surface area contributed by atoms with Crippen molar-refractivity contribution in [1.29, 1.82) is 0 Å². The van der Waals surface area contributed by atoms with Gasteiger partial charge in [0.2, 0.25) is 0 Å². The monoisotopic (exact) mass is 147 g/mol. The minimum atomic E-state index is 0.973. The van der Waals surface area contributed by atoms with Crippen LogP contribution in [0.5, 0.6) is 0 Å². The summed E-state index contributed by atoms with van der Waals surface area (Å²) in [6.07, 6.45) is 4.44. The Balaban J connectivity index is 0.000000291. The van der Waals surface area contributed by atoms with Crippen molar-refractivity contribution >= 4 is 12.6 Å². The Hall–Kier alpha value is 0.310. The zero-order chi connectivity index (χ0) is 7.11. The highest BCUT2D eigenvalue weighted by Gasteiger charge is 2.04. The average Bonchev–Trinajstić information content (AvgIpc) is 1.94. The van der Waals surface area contributed by atoms with Gasteiger partial charge in [0, 0.05) is 0 Å². The molecule has 56 valence electrons. The van der Waals surface area contributed by atoms with Gasteiger partial charge >= 0.3 is 0 Å². The van der Waals surface area contributed by atoms with Crippen LogP contribution in [0.2, 0.25) is 0 Å². The van der Waals surface area contributed by atoms with E-state index in [2.05, 4.69) is 24.9 Å². The fraction of sp³-hybridized carbons (Fsp3) is 1.00. The summed E-state index contributed by atoms with van der Waals surface area (Å²) in [6, 6.07) is 0. The average molecular weight is 147 g/mol. The summed E-state index contributed by atoms with van der Waals surface area (Å²) < 4.78 is 0. The lowest BCUT2D eigenvalue weighted by Crippen LogP contribution is -2.26. The number of hydrogen-bond donors (Lipinski definition) is 2. The van der Waals surface area contributed by atoms with E-state index in [1.165, 1.54) is 25.9 Å². The first-order chi connectivity index (χ1) is 4.39. The maximum Gasteiger partial charge on any atom is -0.00464 e. The molecule has 0 aromatic heterocycles. The summed E-state index contributed by atoms with van der Waals surface area (Å²) >= 11 is 3.53. The van der Waals surface area contributed by atoms with Gasteiger partial charge in [-0.25, -0.2) is 0 Å². The van der Waals surface area contributed by atoms with Gasteiger partial charge in [-0.2, -0.15) is 12.6 Å². The van der Waals surface area contributed by atoms with Crippen LogP contribution in [0.1, 0.15) is 19.8 Å². The van der Waals surface area contributed by atoms with Gasteiger partial charge in [0.1, 0.15) is 0 Å². The van der Waals surface area contributed by atoms with Crippen molar-refractivity contribution in [3.63, 3.8) is 0 Å². The molecule has 1 N–H and O–H groups in total. The Bertz CT molecular complexity index is 50.9. The standard InChI is InChI=1S/C6H13N.CH4S/c1-6-2-4-7-5-3-6;1-2/h6-7H,2-5H2,1H3;2H,1H3. The van der Waals surface area contributed by atoms with Crippen LogP contribution in [0.25, 0.3) is 0 Å². The van der Waals surface area contributed by atoms with Crippen molar-refractivity contribution in [3.8, 4) is 0 Å². The molecule has 1 fully saturated rings. The fourth-order valence-corrected chi connectivity index (χ4v) is 0.966. The Morgan fingerprint density at radius 1 is 1.22 bits per heavy atom. The van der Waals surface area contributed by atoms with Crippen LogP contribution < -0.4 is 5.32 Å². The lowest BCUT2D eigenvalue weighted by atomic mass is 10.0. The molecule has 1 heterocycles. The molecule has 0 radical (unpaired) electrons. The van der Waals surface area contributed by atoms with E-state index in [1.807, 2.05) is 0 Å². The van der Waals surface area contributed by atoms with Gasteiger partial charge in [-0.05, 0) is 38.1 Å². The van der Waals surface area contributed by atoms with E-state index in [-0.39, 0.29) is 0 Å². The second-order valence-corrected chi connectivity index (χ2v) is 2.43. The zero-order valence-corrected chi connectivity index (χ0v) is 7.25. The van der Waals surface area contributed by atoms with Crippen LogP contribution >= 0.6 is 12.6 Å². The van der Waals surface area contributed by atoms with E-state index in [4.69, 9.17) is 0 Å². The maximum atomic E-state index is 3.53. The number of thiol groups is 1. The normalized spacial score (nSPS) is 20.3. The highest BCUT2D eigenvalue weighted by atomic mass is 32.1. The number of hydrogen-bond acceptors (Lipinski definition) is 2. The number of nitrogens with one attached hydrogen (secondary N) is 1. The van der Waals surface area contributed by atoms with Crippen LogP contribution in [-0.4, -0.2) is 19.3 Å². The molecular weight excluding hydrogens is 130 g/mol. The summed E-state index contributed by atoms with van der Waals surface area (Å²) in [7, 11) is 0. The molecule has 0 aromatic rings. The molecule has 0 aliphatic carbocycles. The number of rotatable bonds is 0. The molecule has 1 aliphatic heterocycles. The van der Waals surface area contributed by atoms with Gasteiger partial charge in [-0.15, -0.1) is 0 Å². The largest absolute Gasteiger partial charge is 0.317 e. The minimum Gasteiger partial charge on any atom is -0.317 e. The van der Waals surface area contributed by atoms with Crippen molar-refractivity contribution in [3.05, 3.63) is 0 Å². The summed E-state index contributed by atoms with van der Waals surface area (Å²) in [5.74, 6) is 0.973. The van der Waals surface area contributed by atoms with Crippen molar-refractivity contribution in [1.82, 2.24) is 5.32 Å². The Kier molecular flexibility index (Phi) is 6.65. The van der Waals surface area contributed by atoms with Gasteiger partial charge < -0.3 is 5.32 Å². The smallest absolute Gasteiger partial charge is 0.00464 e. The molecule has 1 aliphatic rings. The first kappa shape index (κ1) is 9.31. The lowest BCUT2D eigenvalue weighted by Gasteiger charge is -2.17. The minimum absolute atomic E-state index is 0.973. The van der Waals surface area contributed by atoms with Crippen LogP contribution in [0.15, 0.2) is 0 Å². The number of piperidine rings is 1. The van der Waals surface area contributed by atoms with E-state index in [0.717, 1.165) is 5.92 Å². The molecule has 0 spiro atoms. The maximum absolute atomic E-state index is 3.53. The van der Waals surface area contributed by atoms with Crippen molar-refractivity contribution in [2.45, 2.75) is 19.8 Å². The van der Waals surface area contributed by atoms with Gasteiger partial charge in [0.05, 0.1) is 0 Å². The molecule has 1 saturated heterocycles. The fourth-order valence-electron chi connectivity index (χ4n) is 0.966. The highest BCUT2D eigenvalue weighted by molar-refractivity contribution is 7.79. The molecule has 9 heavy (non-hydrogen) atoms. The SMILES string of the molecule is CC1CCNCC1.CS. The molecule has 0 aromatic carbocycles. The second-order valence-electron chi connectivity index (χ2n) is 2.43. The molecule has 0 unspecified atom stereocenters.